The maximum Gasteiger partial charge on any atom is 0.315 e. The maximum atomic E-state index is 11.4. The average Bonchev–Trinajstić information content (AvgIpc) is 2.80. The number of urea groups is 1. The van der Waals surface area contributed by atoms with Crippen LogP contribution in [0.2, 0.25) is 0 Å². The summed E-state index contributed by atoms with van der Waals surface area (Å²) in [6.45, 7) is 2.67. The Hall–Kier alpha value is -1.52. The lowest BCUT2D eigenvalue weighted by molar-refractivity contribution is 0.235. The molecule has 5 heteroatoms. The van der Waals surface area contributed by atoms with E-state index in [9.17, 15) is 4.79 Å². The molecule has 5 nitrogen and oxygen atoms in total. The number of nitrogens with one attached hydrogen (secondary N) is 2. The van der Waals surface area contributed by atoms with Crippen molar-refractivity contribution >= 4 is 6.03 Å². The van der Waals surface area contributed by atoms with E-state index in [0.717, 1.165) is 12.8 Å². The van der Waals surface area contributed by atoms with E-state index in [4.69, 9.17) is 0 Å². The van der Waals surface area contributed by atoms with Crippen molar-refractivity contribution in [1.29, 1.82) is 0 Å². The van der Waals surface area contributed by atoms with Crippen LogP contribution in [0.15, 0.2) is 18.5 Å². The van der Waals surface area contributed by atoms with Crippen molar-refractivity contribution in [3.8, 4) is 0 Å². The largest absolute Gasteiger partial charge is 0.335 e. The molecule has 2 N–H and O–H groups in total. The van der Waals surface area contributed by atoms with E-state index in [1.54, 1.807) is 6.20 Å². The monoisotopic (exact) mass is 208 g/mol. The molecule has 1 aromatic rings. The quantitative estimate of drug-likeness (QED) is 0.766. The molecule has 0 unspecified atom stereocenters. The second-order valence-corrected chi connectivity index (χ2v) is 4.02. The van der Waals surface area contributed by atoms with E-state index >= 15 is 0 Å². The lowest BCUT2D eigenvalue weighted by Gasteiger charge is -2.14. The molecule has 1 fully saturated rings. The molecule has 15 heavy (non-hydrogen) atoms. The fourth-order valence-corrected chi connectivity index (χ4v) is 1.41. The molecule has 1 aromatic heterocycles. The summed E-state index contributed by atoms with van der Waals surface area (Å²) in [6, 6.07) is 2.29. The second kappa shape index (κ2) is 4.33. The van der Waals surface area contributed by atoms with Gasteiger partial charge in [-0.05, 0) is 25.8 Å². The van der Waals surface area contributed by atoms with Crippen molar-refractivity contribution in [2.24, 2.45) is 0 Å². The van der Waals surface area contributed by atoms with Gasteiger partial charge in [-0.1, -0.05) is 0 Å². The van der Waals surface area contributed by atoms with Crippen LogP contribution in [0.4, 0.5) is 4.79 Å². The van der Waals surface area contributed by atoms with E-state index in [-0.39, 0.29) is 12.1 Å². The Kier molecular flexibility index (Phi) is 2.89. The van der Waals surface area contributed by atoms with Gasteiger partial charge in [0, 0.05) is 24.5 Å². The standard InChI is InChI=1S/C10H16N4O/c1-8(7-14-6-2-5-11-14)12-10(15)13-9-3-4-9/h2,5-6,8-9H,3-4,7H2,1H3,(H2,12,13,15)/t8-/m0/s1. The highest BCUT2D eigenvalue weighted by Crippen LogP contribution is 2.18. The first-order valence-corrected chi connectivity index (χ1v) is 5.28. The molecule has 1 saturated carbocycles. The van der Waals surface area contributed by atoms with Gasteiger partial charge in [0.1, 0.15) is 0 Å². The minimum atomic E-state index is -0.0721. The van der Waals surface area contributed by atoms with Crippen LogP contribution >= 0.6 is 0 Å². The van der Waals surface area contributed by atoms with Crippen LogP contribution in [-0.4, -0.2) is 27.9 Å². The zero-order chi connectivity index (χ0) is 10.7. The summed E-state index contributed by atoms with van der Waals surface area (Å²) in [6.07, 6.45) is 5.84. The summed E-state index contributed by atoms with van der Waals surface area (Å²) >= 11 is 0. The van der Waals surface area contributed by atoms with Crippen molar-refractivity contribution in [3.63, 3.8) is 0 Å². The molecule has 1 aliphatic rings. The topological polar surface area (TPSA) is 59.0 Å². The summed E-state index contributed by atoms with van der Waals surface area (Å²) in [5.74, 6) is 0. The molecule has 2 rings (SSSR count). The third kappa shape index (κ3) is 3.27. The van der Waals surface area contributed by atoms with Crippen LogP contribution in [0.25, 0.3) is 0 Å². The third-order valence-corrected chi connectivity index (χ3v) is 2.31. The van der Waals surface area contributed by atoms with Crippen molar-refractivity contribution < 1.29 is 4.79 Å². The zero-order valence-corrected chi connectivity index (χ0v) is 8.81. The van der Waals surface area contributed by atoms with Crippen LogP contribution in [0.1, 0.15) is 19.8 Å². The molecule has 2 amide bonds. The van der Waals surface area contributed by atoms with Gasteiger partial charge >= 0.3 is 6.03 Å². The number of hydrogen-bond donors (Lipinski definition) is 2. The SMILES string of the molecule is C[C@@H](Cn1cccn1)NC(=O)NC1CC1. The molecule has 0 bridgehead atoms. The molecule has 1 aliphatic carbocycles. The predicted octanol–water partition coefficient (Wildman–Crippen LogP) is 0.733. The lowest BCUT2D eigenvalue weighted by Crippen LogP contribution is -2.43. The van der Waals surface area contributed by atoms with E-state index in [1.807, 2.05) is 23.9 Å². The van der Waals surface area contributed by atoms with Gasteiger partial charge in [0.25, 0.3) is 0 Å². The number of rotatable bonds is 4. The van der Waals surface area contributed by atoms with E-state index in [2.05, 4.69) is 15.7 Å². The smallest absolute Gasteiger partial charge is 0.315 e. The Morgan fingerprint density at radius 2 is 2.47 bits per heavy atom. The number of aromatic nitrogens is 2. The van der Waals surface area contributed by atoms with Gasteiger partial charge in [0.15, 0.2) is 0 Å². The summed E-state index contributed by atoms with van der Waals surface area (Å²) in [7, 11) is 0. The average molecular weight is 208 g/mol. The number of carbonyl (C=O) groups excluding carboxylic acids is 1. The van der Waals surface area contributed by atoms with Gasteiger partial charge in [-0.3, -0.25) is 4.68 Å². The Labute approximate surface area is 88.8 Å². The van der Waals surface area contributed by atoms with Crippen molar-refractivity contribution in [2.45, 2.75) is 38.4 Å². The minimum absolute atomic E-state index is 0.0721. The first-order chi connectivity index (χ1) is 7.24. The van der Waals surface area contributed by atoms with Crippen molar-refractivity contribution in [2.75, 3.05) is 0 Å². The van der Waals surface area contributed by atoms with Crippen LogP contribution in [-0.2, 0) is 6.54 Å². The summed E-state index contributed by atoms with van der Waals surface area (Å²) in [5, 5.41) is 9.85. The van der Waals surface area contributed by atoms with E-state index in [0.29, 0.717) is 12.6 Å². The van der Waals surface area contributed by atoms with Gasteiger partial charge in [-0.2, -0.15) is 5.10 Å². The molecule has 0 radical (unpaired) electrons. The Morgan fingerprint density at radius 1 is 1.67 bits per heavy atom. The fourth-order valence-electron chi connectivity index (χ4n) is 1.41. The van der Waals surface area contributed by atoms with Crippen LogP contribution < -0.4 is 10.6 Å². The van der Waals surface area contributed by atoms with Gasteiger partial charge in [0.05, 0.1) is 6.54 Å². The van der Waals surface area contributed by atoms with Crippen LogP contribution in [0, 0.1) is 0 Å². The van der Waals surface area contributed by atoms with Crippen molar-refractivity contribution in [3.05, 3.63) is 18.5 Å². The van der Waals surface area contributed by atoms with Crippen LogP contribution in [0.5, 0.6) is 0 Å². The number of hydrogen-bond acceptors (Lipinski definition) is 2. The van der Waals surface area contributed by atoms with Crippen molar-refractivity contribution in [1.82, 2.24) is 20.4 Å². The lowest BCUT2D eigenvalue weighted by atomic mass is 10.3. The molecule has 1 atom stereocenters. The molecular weight excluding hydrogens is 192 g/mol. The molecule has 0 aromatic carbocycles. The summed E-state index contributed by atoms with van der Waals surface area (Å²) in [5.41, 5.74) is 0. The Morgan fingerprint density at radius 3 is 3.07 bits per heavy atom. The number of carbonyl (C=O) groups is 1. The molecule has 0 saturated heterocycles. The van der Waals surface area contributed by atoms with Gasteiger partial charge in [0.2, 0.25) is 0 Å². The Balaban J connectivity index is 1.71. The summed E-state index contributed by atoms with van der Waals surface area (Å²) < 4.78 is 1.81. The highest BCUT2D eigenvalue weighted by atomic mass is 16.2. The second-order valence-electron chi connectivity index (χ2n) is 4.02. The molecule has 0 aliphatic heterocycles. The normalized spacial score (nSPS) is 17.1. The van der Waals surface area contributed by atoms with Gasteiger partial charge in [-0.25, -0.2) is 4.79 Å². The molecule has 0 spiro atoms. The third-order valence-electron chi connectivity index (χ3n) is 2.31. The minimum Gasteiger partial charge on any atom is -0.335 e. The fraction of sp³-hybridized carbons (Fsp3) is 0.600. The van der Waals surface area contributed by atoms with E-state index in [1.165, 1.54) is 0 Å². The molecule has 82 valence electrons. The Bertz CT molecular complexity index is 318. The number of nitrogens with zero attached hydrogens (tertiary/aromatic N) is 2. The van der Waals surface area contributed by atoms with Crippen LogP contribution in [0.3, 0.4) is 0 Å². The highest BCUT2D eigenvalue weighted by Gasteiger charge is 2.23. The first kappa shape index (κ1) is 10.0. The number of amides is 2. The van der Waals surface area contributed by atoms with Gasteiger partial charge in [-0.15, -0.1) is 0 Å². The maximum absolute atomic E-state index is 11.4. The molecular formula is C10H16N4O. The summed E-state index contributed by atoms with van der Waals surface area (Å²) in [4.78, 5) is 11.4. The van der Waals surface area contributed by atoms with E-state index < -0.39 is 0 Å². The zero-order valence-electron chi connectivity index (χ0n) is 8.81. The van der Waals surface area contributed by atoms with Gasteiger partial charge < -0.3 is 10.6 Å². The predicted molar refractivity (Wildman–Crippen MR) is 56.4 cm³/mol. The highest BCUT2D eigenvalue weighted by molar-refractivity contribution is 5.74. The molecule has 1 heterocycles. The first-order valence-electron chi connectivity index (χ1n) is 5.28.